The number of rotatable bonds is 3. The molecule has 0 unspecified atom stereocenters. The van der Waals surface area contributed by atoms with Crippen LogP contribution in [-0.4, -0.2) is 48.1 Å². The SMILES string of the molecule is [2H]C([2H])(c1cnn(C)c1)N1C(=O)c2cc(S(N)(=O)=O)ccc2N2CCN=C21. The van der Waals surface area contributed by atoms with E-state index in [0.29, 0.717) is 18.8 Å². The molecule has 1 amide bonds. The molecule has 130 valence electrons. The minimum atomic E-state index is -4.01. The third kappa shape index (κ3) is 2.59. The Hall–Kier alpha value is -2.72. The predicted octanol–water partition coefficient (Wildman–Crippen LogP) is -0.101. The number of carbonyl (C=O) groups is 1. The molecule has 9 nitrogen and oxygen atoms in total. The number of primary sulfonamides is 1. The van der Waals surface area contributed by atoms with E-state index in [9.17, 15) is 13.2 Å². The molecule has 0 saturated carbocycles. The van der Waals surface area contributed by atoms with Crippen molar-refractivity contribution in [3.8, 4) is 0 Å². The van der Waals surface area contributed by atoms with Gasteiger partial charge in [-0.3, -0.25) is 19.4 Å². The van der Waals surface area contributed by atoms with Crippen molar-refractivity contribution in [2.75, 3.05) is 18.0 Å². The summed E-state index contributed by atoms with van der Waals surface area (Å²) in [5.74, 6) is -0.508. The maximum absolute atomic E-state index is 13.2. The number of hydrogen-bond acceptors (Lipinski definition) is 6. The molecule has 2 aromatic rings. The number of anilines is 1. The number of guanidine groups is 1. The second-order valence-corrected chi connectivity index (χ2v) is 7.27. The number of aryl methyl sites for hydroxylation is 1. The fourth-order valence-electron chi connectivity index (χ4n) is 2.87. The second kappa shape index (κ2) is 5.39. The van der Waals surface area contributed by atoms with Gasteiger partial charge in [-0.15, -0.1) is 0 Å². The van der Waals surface area contributed by atoms with Gasteiger partial charge in [0.15, 0.2) is 0 Å². The van der Waals surface area contributed by atoms with Gasteiger partial charge in [0.25, 0.3) is 5.91 Å². The number of aromatic nitrogens is 2. The number of fused-ring (bicyclic) bond motifs is 3. The molecule has 1 aromatic carbocycles. The number of benzene rings is 1. The zero-order valence-electron chi connectivity index (χ0n) is 15.2. The average molecular weight is 362 g/mol. The van der Waals surface area contributed by atoms with Crippen molar-refractivity contribution in [1.82, 2.24) is 14.7 Å². The molecule has 2 aliphatic rings. The topological polar surface area (TPSA) is 114 Å². The van der Waals surface area contributed by atoms with Gasteiger partial charge in [-0.2, -0.15) is 5.10 Å². The van der Waals surface area contributed by atoms with Gasteiger partial charge in [0.05, 0.1) is 38.1 Å². The minimum Gasteiger partial charge on any atom is -0.310 e. The lowest BCUT2D eigenvalue weighted by Crippen LogP contribution is -2.49. The Bertz CT molecular complexity index is 1090. The zero-order chi connectivity index (χ0) is 19.6. The summed E-state index contributed by atoms with van der Waals surface area (Å²) < 4.78 is 41.9. The summed E-state index contributed by atoms with van der Waals surface area (Å²) in [6.07, 6.45) is 2.81. The van der Waals surface area contributed by atoms with Crippen LogP contribution in [0.25, 0.3) is 0 Å². The van der Waals surface area contributed by atoms with Crippen molar-refractivity contribution < 1.29 is 16.0 Å². The summed E-state index contributed by atoms with van der Waals surface area (Å²) in [5, 5.41) is 9.15. The van der Waals surface area contributed by atoms with Crippen LogP contribution < -0.4 is 10.0 Å². The van der Waals surface area contributed by atoms with Crippen molar-refractivity contribution >= 4 is 27.6 Å². The molecular formula is C15H16N6O3S. The van der Waals surface area contributed by atoms with Gasteiger partial charge in [-0.25, -0.2) is 13.6 Å². The quantitative estimate of drug-likeness (QED) is 0.819. The molecule has 1 aromatic heterocycles. The average Bonchev–Trinajstić information content (AvgIpc) is 3.23. The molecule has 2 aliphatic heterocycles. The maximum Gasteiger partial charge on any atom is 0.263 e. The molecule has 3 heterocycles. The molecule has 0 radical (unpaired) electrons. The van der Waals surface area contributed by atoms with Crippen LogP contribution in [0.3, 0.4) is 0 Å². The Labute approximate surface area is 147 Å². The van der Waals surface area contributed by atoms with E-state index < -0.39 is 22.4 Å². The molecule has 0 aliphatic carbocycles. The molecule has 0 bridgehead atoms. The molecule has 25 heavy (non-hydrogen) atoms. The van der Waals surface area contributed by atoms with E-state index in [4.69, 9.17) is 7.88 Å². The van der Waals surface area contributed by atoms with Gasteiger partial charge in [-0.1, -0.05) is 0 Å². The molecular weight excluding hydrogens is 344 g/mol. The standard InChI is InChI=1S/C15H16N6O3S/c1-19-8-10(7-18-19)9-21-14(22)12-6-11(25(16,23)24)2-3-13(12)20-5-4-17-15(20)21/h2-3,6-8H,4-5,9H2,1H3,(H2,16,23,24)/i9D2. The van der Waals surface area contributed by atoms with E-state index >= 15 is 0 Å². The Morgan fingerprint density at radius 3 is 2.88 bits per heavy atom. The van der Waals surface area contributed by atoms with Gasteiger partial charge in [0, 0.05) is 25.4 Å². The fraction of sp³-hybridized carbons (Fsp3) is 0.267. The number of nitrogens with zero attached hydrogens (tertiary/aromatic N) is 5. The van der Waals surface area contributed by atoms with Gasteiger partial charge in [-0.05, 0) is 18.2 Å². The van der Waals surface area contributed by atoms with Crippen molar-refractivity contribution in [2.24, 2.45) is 17.2 Å². The Balaban J connectivity index is 1.89. The predicted molar refractivity (Wildman–Crippen MR) is 90.5 cm³/mol. The number of aliphatic imine (C=N–C) groups is 1. The lowest BCUT2D eigenvalue weighted by molar-refractivity contribution is 0.0833. The highest BCUT2D eigenvalue weighted by atomic mass is 32.2. The number of carbonyl (C=O) groups excluding carboxylic acids is 1. The smallest absolute Gasteiger partial charge is 0.263 e. The Morgan fingerprint density at radius 2 is 2.20 bits per heavy atom. The normalized spacial score (nSPS) is 18.5. The highest BCUT2D eigenvalue weighted by molar-refractivity contribution is 7.89. The van der Waals surface area contributed by atoms with Crippen LogP contribution in [0.15, 0.2) is 40.5 Å². The molecule has 4 rings (SSSR count). The van der Waals surface area contributed by atoms with Crippen LogP contribution in [-0.2, 0) is 23.6 Å². The highest BCUT2D eigenvalue weighted by Crippen LogP contribution is 2.32. The zero-order valence-corrected chi connectivity index (χ0v) is 14.1. The number of hydrogen-bond donors (Lipinski definition) is 1. The first-order valence-corrected chi connectivity index (χ1v) is 8.98. The minimum absolute atomic E-state index is 0.0511. The van der Waals surface area contributed by atoms with Gasteiger partial charge in [0.1, 0.15) is 0 Å². The second-order valence-electron chi connectivity index (χ2n) is 5.71. The van der Waals surface area contributed by atoms with Gasteiger partial charge in [0.2, 0.25) is 16.0 Å². The monoisotopic (exact) mass is 362 g/mol. The number of sulfonamides is 1. The summed E-state index contributed by atoms with van der Waals surface area (Å²) in [6.45, 7) is -1.40. The summed E-state index contributed by atoms with van der Waals surface area (Å²) in [5.41, 5.74) is 0.705. The third-order valence-electron chi connectivity index (χ3n) is 3.98. The van der Waals surface area contributed by atoms with Crippen LogP contribution >= 0.6 is 0 Å². The number of amides is 1. The molecule has 0 spiro atoms. The van der Waals surface area contributed by atoms with E-state index in [0.717, 1.165) is 4.90 Å². The third-order valence-corrected chi connectivity index (χ3v) is 4.90. The first kappa shape index (κ1) is 13.6. The lowest BCUT2D eigenvalue weighted by Gasteiger charge is -2.35. The van der Waals surface area contributed by atoms with Crippen LogP contribution in [0.5, 0.6) is 0 Å². The Morgan fingerprint density at radius 1 is 1.40 bits per heavy atom. The largest absolute Gasteiger partial charge is 0.310 e. The van der Waals surface area contributed by atoms with E-state index in [-0.39, 0.29) is 22.0 Å². The molecule has 0 saturated heterocycles. The van der Waals surface area contributed by atoms with Crippen LogP contribution in [0.2, 0.25) is 0 Å². The van der Waals surface area contributed by atoms with Gasteiger partial charge < -0.3 is 4.90 Å². The van der Waals surface area contributed by atoms with E-state index in [1.165, 1.54) is 35.3 Å². The van der Waals surface area contributed by atoms with Crippen LogP contribution in [0, 0.1) is 0 Å². The maximum atomic E-state index is 13.2. The molecule has 0 fully saturated rings. The van der Waals surface area contributed by atoms with E-state index in [1.807, 2.05) is 0 Å². The van der Waals surface area contributed by atoms with E-state index in [1.54, 1.807) is 11.9 Å². The molecule has 2 N–H and O–H groups in total. The van der Waals surface area contributed by atoms with Crippen molar-refractivity contribution in [1.29, 1.82) is 0 Å². The van der Waals surface area contributed by atoms with Crippen LogP contribution in [0.4, 0.5) is 5.69 Å². The first-order chi connectivity index (χ1) is 12.6. The lowest BCUT2D eigenvalue weighted by atomic mass is 10.1. The molecule has 0 atom stereocenters. The van der Waals surface area contributed by atoms with Crippen molar-refractivity contribution in [3.05, 3.63) is 41.7 Å². The van der Waals surface area contributed by atoms with E-state index in [2.05, 4.69) is 10.1 Å². The summed E-state index contributed by atoms with van der Waals surface area (Å²) >= 11 is 0. The fourth-order valence-corrected chi connectivity index (χ4v) is 3.41. The Kier molecular flexibility index (Phi) is 2.93. The van der Waals surface area contributed by atoms with Crippen molar-refractivity contribution in [3.63, 3.8) is 0 Å². The number of nitrogens with two attached hydrogens (primary N) is 1. The summed E-state index contributed by atoms with van der Waals surface area (Å²) in [7, 11) is -2.37. The highest BCUT2D eigenvalue weighted by Gasteiger charge is 2.37. The van der Waals surface area contributed by atoms with Crippen LogP contribution in [0.1, 0.15) is 18.7 Å². The van der Waals surface area contributed by atoms with Gasteiger partial charge >= 0.3 is 0 Å². The molecule has 10 heteroatoms. The summed E-state index contributed by atoms with van der Waals surface area (Å²) in [4.78, 5) is 19.9. The summed E-state index contributed by atoms with van der Waals surface area (Å²) in [6, 6.07) is 3.99. The van der Waals surface area contributed by atoms with Crippen molar-refractivity contribution in [2.45, 2.75) is 11.4 Å². The first-order valence-electron chi connectivity index (χ1n) is 8.43.